The molecular formula is C66H110F3N19O26S. The van der Waals surface area contributed by atoms with Gasteiger partial charge >= 0.3 is 18.1 Å². The zero-order chi connectivity index (χ0) is 87.9. The van der Waals surface area contributed by atoms with Gasteiger partial charge in [-0.05, 0) is 102 Å². The largest absolute Gasteiger partial charge is 0.490 e. The number of nitrogens with two attached hydrogens (primary N) is 5. The second kappa shape index (κ2) is 51.6. The summed E-state index contributed by atoms with van der Waals surface area (Å²) in [5.41, 5.74) is 27.3. The molecule has 0 aromatic heterocycles. The number of rotatable bonds is 50. The highest BCUT2D eigenvalue weighted by Crippen LogP contribution is 2.24. The van der Waals surface area contributed by atoms with Crippen molar-refractivity contribution in [3.63, 3.8) is 0 Å². The molecule has 45 nitrogen and oxygen atoms in total. The molecule has 2 aliphatic heterocycles. The van der Waals surface area contributed by atoms with Crippen LogP contribution in [-0.4, -0.2) is 313 Å². The fourth-order valence-electron chi connectivity index (χ4n) is 11.3. The molecular weight excluding hydrogens is 1560 g/mol. The smallest absolute Gasteiger partial charge is 0.481 e. The molecule has 0 radical (unpaired) electrons. The number of aliphatic carboxylic acids is 2. The molecule has 0 aromatic carbocycles. The Morgan fingerprint density at radius 1 is 0.461 bits per heavy atom. The Bertz CT molecular complexity index is 3380. The second-order valence-electron chi connectivity index (χ2n) is 27.7. The molecule has 2 rings (SSSR count). The number of amides is 17. The molecule has 0 aromatic rings. The number of unbranched alkanes of at least 4 members (excludes halogenated alkanes) is 1. The number of carbonyl (C=O) groups excluding carboxylic acids is 17. The molecule has 2 fully saturated rings. The van der Waals surface area contributed by atoms with Gasteiger partial charge in [-0.25, -0.2) is 4.79 Å². The first-order chi connectivity index (χ1) is 53.7. The van der Waals surface area contributed by atoms with E-state index < -0.39 is 281 Å². The van der Waals surface area contributed by atoms with E-state index in [2.05, 4.69) is 76.4 Å². The van der Waals surface area contributed by atoms with Crippen molar-refractivity contribution in [2.75, 3.05) is 58.4 Å². The van der Waals surface area contributed by atoms with Crippen LogP contribution in [0.5, 0.6) is 0 Å². The summed E-state index contributed by atoms with van der Waals surface area (Å²) in [6, 6.07) is -21.8. The number of primary amides is 3. The normalized spacial score (nSPS) is 17.3. The summed E-state index contributed by atoms with van der Waals surface area (Å²) in [6.07, 6.45) is -9.20. The lowest BCUT2D eigenvalue weighted by Crippen LogP contribution is -2.62. The summed E-state index contributed by atoms with van der Waals surface area (Å²) < 4.78 is 31.7. The van der Waals surface area contributed by atoms with Gasteiger partial charge in [0.15, 0.2) is 0 Å². The van der Waals surface area contributed by atoms with Crippen molar-refractivity contribution < 1.29 is 140 Å². The fraction of sp³-hybridized carbons (Fsp3) is 0.712. The van der Waals surface area contributed by atoms with Crippen molar-refractivity contribution in [2.24, 2.45) is 40.5 Å². The third-order valence-corrected chi connectivity index (χ3v) is 17.7. The Labute approximate surface area is 663 Å². The van der Waals surface area contributed by atoms with Gasteiger partial charge in [-0.2, -0.15) is 25.8 Å². The van der Waals surface area contributed by atoms with Crippen molar-refractivity contribution in [3.05, 3.63) is 0 Å². The maximum atomic E-state index is 14.4. The monoisotopic (exact) mass is 1670 g/mol. The first-order valence-electron chi connectivity index (χ1n) is 36.5. The summed E-state index contributed by atoms with van der Waals surface area (Å²) >= 11 is 4.04. The van der Waals surface area contributed by atoms with Crippen molar-refractivity contribution in [3.8, 4) is 0 Å². The summed E-state index contributed by atoms with van der Waals surface area (Å²) in [7, 11) is 0. The summed E-state index contributed by atoms with van der Waals surface area (Å²) in [6.45, 7) is 3.05. The average Bonchev–Trinajstić information content (AvgIpc) is 1.72. The summed E-state index contributed by atoms with van der Waals surface area (Å²) in [5, 5.41) is 94.4. The van der Waals surface area contributed by atoms with Crippen molar-refractivity contribution >= 4 is 125 Å². The molecule has 2 saturated heterocycles. The van der Waals surface area contributed by atoms with Crippen molar-refractivity contribution in [2.45, 2.75) is 228 Å². The molecule has 2 aliphatic rings. The Hall–Kier alpha value is -10.2. The minimum atomic E-state index is -5.08. The quantitative estimate of drug-likeness (QED) is 0.0199. The first kappa shape index (κ1) is 103. The lowest BCUT2D eigenvalue weighted by molar-refractivity contribution is -0.192. The van der Waals surface area contributed by atoms with E-state index in [0.717, 1.165) is 16.7 Å². The first-order valence-corrected chi connectivity index (χ1v) is 37.1. The number of nitrogens with one attached hydrogen (secondary N) is 12. The number of carboxylic acids is 2. The minimum Gasteiger partial charge on any atom is -0.481 e. The summed E-state index contributed by atoms with van der Waals surface area (Å²) in [4.78, 5) is 251. The van der Waals surface area contributed by atoms with Gasteiger partial charge in [-0.1, -0.05) is 27.7 Å². The Balaban J connectivity index is 0.00000899. The van der Waals surface area contributed by atoms with Crippen molar-refractivity contribution in [1.82, 2.24) is 73.6 Å². The lowest BCUT2D eigenvalue weighted by atomic mass is 10.0. The number of alkyl halides is 3. The third kappa shape index (κ3) is 36.9. The number of carboxylic acid groups (broad SMARTS) is 2. The predicted molar refractivity (Wildman–Crippen MR) is 394 cm³/mol. The number of aliphatic hydroxyl groups excluding tert-OH is 5. The van der Waals surface area contributed by atoms with Crippen LogP contribution in [-0.2, 0) is 91.1 Å². The van der Waals surface area contributed by atoms with Gasteiger partial charge in [-0.15, -0.1) is 0 Å². The van der Waals surface area contributed by atoms with Crippen LogP contribution in [0.15, 0.2) is 0 Å². The molecule has 49 heteroatoms. The molecule has 0 saturated carbocycles. The highest BCUT2D eigenvalue weighted by molar-refractivity contribution is 7.80. The molecule has 115 heavy (non-hydrogen) atoms. The standard InChI is InChI=1S/C64H109N19O24S.C2HF3O2/c1-30(2)22-38(57(100)72-34(13-16-46(67)89)54(97)75-37(10-6-7-19-65)63(106)82-20-8-11-44(82)60(103)74-36(15-18-49(92)93)55(98)77-40(26-85)51(69)94)71-48(91)24-70-53(96)41(27-86)79-62(105)50(32(5)88)81-56(99)35(14-17-47(68)90)73-61(104)45-12-9-21-83(45)64(107)39(23-31(3)4)76-58(101)42(28-87)78-59(102)43(29-108)80-52(95)33(66)25-84;3-2(4,5)1(6)7/h30-45,50,84-88,108H,6-29,65-66H2,1-5H3,(H2,67,89)(H2,68,90)(H2,69,94)(H,70,96)(H,71,91)(H,72,100)(H,73,104)(H,74,103)(H,75,97)(H,76,101)(H,77,98)(H,78,102)(H,79,105)(H,80,95)(H,81,99)(H,92,93);(H,6,7). The summed E-state index contributed by atoms with van der Waals surface area (Å²) in [5.74, 6) is -22.4. The number of carbonyl (C=O) groups is 19. The van der Waals surface area contributed by atoms with Gasteiger partial charge in [0.2, 0.25) is 100 Å². The molecule has 29 N–H and O–H groups in total. The molecule has 652 valence electrons. The Kier molecular flexibility index (Phi) is 46.1. The number of nitrogens with zero attached hydrogens (tertiary/aromatic N) is 2. The maximum Gasteiger partial charge on any atom is 0.490 e. The average molecular weight is 1670 g/mol. The minimum absolute atomic E-state index is 0.00285. The van der Waals surface area contributed by atoms with E-state index in [1.165, 1.54) is 0 Å². The van der Waals surface area contributed by atoms with Gasteiger partial charge in [0, 0.05) is 38.1 Å². The molecule has 0 bridgehead atoms. The van der Waals surface area contributed by atoms with Crippen LogP contribution in [0.2, 0.25) is 0 Å². The number of likely N-dealkylation sites (tertiary alicyclic amines) is 2. The number of hydrogen-bond donors (Lipinski definition) is 25. The zero-order valence-electron chi connectivity index (χ0n) is 64.0. The fourth-order valence-corrected chi connectivity index (χ4v) is 11.6. The van der Waals surface area contributed by atoms with E-state index in [0.29, 0.717) is 6.42 Å². The molecule has 15 unspecified atom stereocenters. The SMILES string of the molecule is CC(C)CC(NC(=O)CNC(=O)C(CO)NC(=O)C(NC(=O)C(CCC(N)=O)NC(=O)C1CCCN1C(=O)C(CC(C)C)NC(=O)C(CO)NC(=O)C(CS)NC(=O)C(N)CO)C(C)O)C(=O)NC(CCC(N)=O)C(=O)NC(CCCCN)C(=O)N1CCCC1C(=O)NC(CCC(=O)O)C(=O)NC(CO)C(N)=O.O=C(O)C(F)(F)F. The molecule has 2 heterocycles. The lowest BCUT2D eigenvalue weighted by Gasteiger charge is -2.31. The van der Waals surface area contributed by atoms with Crippen LogP contribution in [0.1, 0.15) is 131 Å². The predicted octanol–water partition coefficient (Wildman–Crippen LogP) is -11.2. The van der Waals surface area contributed by atoms with Gasteiger partial charge in [0.05, 0.1) is 39.1 Å². The van der Waals surface area contributed by atoms with Gasteiger partial charge in [0.25, 0.3) is 0 Å². The van der Waals surface area contributed by atoms with Gasteiger partial charge in [0.1, 0.15) is 84.6 Å². The Morgan fingerprint density at radius 2 is 0.843 bits per heavy atom. The molecule has 15 atom stereocenters. The van der Waals surface area contributed by atoms with Crippen LogP contribution in [0, 0.1) is 11.8 Å². The van der Waals surface area contributed by atoms with Crippen LogP contribution < -0.4 is 92.5 Å². The highest BCUT2D eigenvalue weighted by Gasteiger charge is 2.44. The third-order valence-electron chi connectivity index (χ3n) is 17.4. The molecule has 0 spiro atoms. The van der Waals surface area contributed by atoms with E-state index in [1.54, 1.807) is 27.7 Å². The number of aliphatic hydroxyl groups is 5. The topological polar surface area (TPSA) is 747 Å². The van der Waals surface area contributed by atoms with E-state index >= 15 is 0 Å². The number of thiol groups is 1. The van der Waals surface area contributed by atoms with Crippen LogP contribution >= 0.6 is 12.6 Å². The van der Waals surface area contributed by atoms with Crippen LogP contribution in [0.25, 0.3) is 0 Å². The molecule has 17 amide bonds. The Morgan fingerprint density at radius 3 is 1.27 bits per heavy atom. The van der Waals surface area contributed by atoms with Gasteiger partial charge < -0.3 is 138 Å². The van der Waals surface area contributed by atoms with E-state index in [1.807, 2.05) is 0 Å². The number of hydrogen-bond acceptors (Lipinski definition) is 27. The van der Waals surface area contributed by atoms with E-state index in [4.69, 9.17) is 38.6 Å². The molecule has 0 aliphatic carbocycles. The maximum absolute atomic E-state index is 14.4. The second-order valence-corrected chi connectivity index (χ2v) is 28.1. The van der Waals surface area contributed by atoms with Gasteiger partial charge in [-0.3, -0.25) is 86.3 Å². The van der Waals surface area contributed by atoms with Crippen LogP contribution in [0.3, 0.4) is 0 Å². The zero-order valence-corrected chi connectivity index (χ0v) is 64.9. The van der Waals surface area contributed by atoms with Crippen molar-refractivity contribution in [1.29, 1.82) is 0 Å². The number of halogens is 3. The van der Waals surface area contributed by atoms with Crippen LogP contribution in [0.4, 0.5) is 13.2 Å². The highest BCUT2D eigenvalue weighted by atomic mass is 32.1. The van der Waals surface area contributed by atoms with E-state index in [9.17, 15) is 130 Å². The van der Waals surface area contributed by atoms with E-state index in [-0.39, 0.29) is 88.6 Å².